The Morgan fingerprint density at radius 3 is 2.54 bits per heavy atom. The first kappa shape index (κ1) is 21.1. The van der Waals surface area contributed by atoms with Crippen LogP contribution in [0.5, 0.6) is 0 Å². The van der Waals surface area contributed by atoms with Crippen molar-refractivity contribution in [3.05, 3.63) is 65.6 Å². The van der Waals surface area contributed by atoms with E-state index in [9.17, 15) is 14.4 Å². The predicted octanol–water partition coefficient (Wildman–Crippen LogP) is 3.78. The molecule has 1 aromatic heterocycles. The number of ether oxygens (including phenoxy) is 1. The van der Waals surface area contributed by atoms with Crippen LogP contribution < -0.4 is 10.6 Å². The lowest BCUT2D eigenvalue weighted by Crippen LogP contribution is -2.29. The van der Waals surface area contributed by atoms with Crippen LogP contribution in [0.4, 0.5) is 5.00 Å². The summed E-state index contributed by atoms with van der Waals surface area (Å²) >= 11 is 1.23. The second kappa shape index (κ2) is 10.2. The summed E-state index contributed by atoms with van der Waals surface area (Å²) in [4.78, 5) is 36.5. The van der Waals surface area contributed by atoms with Crippen molar-refractivity contribution in [3.63, 3.8) is 0 Å². The number of anilines is 1. The molecule has 0 fully saturated rings. The van der Waals surface area contributed by atoms with Crippen molar-refractivity contribution < 1.29 is 19.1 Å². The van der Waals surface area contributed by atoms with Crippen LogP contribution in [0.3, 0.4) is 0 Å². The average molecular weight is 398 g/mol. The number of carbonyl (C=O) groups excluding carboxylic acids is 3. The van der Waals surface area contributed by atoms with Gasteiger partial charge in [-0.05, 0) is 19.4 Å². The Bertz CT molecular complexity index is 896. The second-order valence-corrected chi connectivity index (χ2v) is 6.98. The average Bonchev–Trinajstić information content (AvgIpc) is 3.07. The molecule has 0 unspecified atom stereocenters. The summed E-state index contributed by atoms with van der Waals surface area (Å²) in [5.74, 6) is -1.44. The Hall–Kier alpha value is -3.19. The van der Waals surface area contributed by atoms with Crippen LogP contribution in [0.2, 0.25) is 0 Å². The van der Waals surface area contributed by atoms with Gasteiger partial charge in [0, 0.05) is 23.6 Å². The summed E-state index contributed by atoms with van der Waals surface area (Å²) in [7, 11) is 0. The van der Waals surface area contributed by atoms with Gasteiger partial charge in [-0.1, -0.05) is 42.0 Å². The van der Waals surface area contributed by atoms with Crippen LogP contribution in [-0.2, 0) is 14.3 Å². The Morgan fingerprint density at radius 2 is 1.89 bits per heavy atom. The number of rotatable bonds is 8. The summed E-state index contributed by atoms with van der Waals surface area (Å²) in [6.45, 7) is 6.99. The fourth-order valence-corrected chi connectivity index (χ4v) is 3.29. The Kier molecular flexibility index (Phi) is 7.71. The van der Waals surface area contributed by atoms with Crippen molar-refractivity contribution in [1.29, 1.82) is 0 Å². The van der Waals surface area contributed by atoms with E-state index in [4.69, 9.17) is 4.74 Å². The molecule has 0 spiro atoms. The number of esters is 1. The van der Waals surface area contributed by atoms with Crippen molar-refractivity contribution in [2.24, 2.45) is 0 Å². The van der Waals surface area contributed by atoms with Gasteiger partial charge in [0.2, 0.25) is 5.91 Å². The zero-order chi connectivity index (χ0) is 20.5. The maximum Gasteiger partial charge on any atom is 0.342 e. The summed E-state index contributed by atoms with van der Waals surface area (Å²) < 4.78 is 5.17. The van der Waals surface area contributed by atoms with E-state index < -0.39 is 18.5 Å². The van der Waals surface area contributed by atoms with Gasteiger partial charge in [0.1, 0.15) is 10.6 Å². The van der Waals surface area contributed by atoms with Gasteiger partial charge < -0.3 is 15.4 Å². The molecule has 0 aliphatic rings. The molecule has 2 aromatic rings. The standard InChI is InChI=1S/C21H22N2O4S/c1-4-10-22-18(25)12-27-21(26)19-16(15-8-6-5-7-9-15)13-28-20(19)23-17(24)11-14(2)3/h4-9,11,13H,1,10,12H2,2-3H3,(H,22,25)(H,23,24). The van der Waals surface area contributed by atoms with Crippen LogP contribution >= 0.6 is 11.3 Å². The minimum Gasteiger partial charge on any atom is -0.452 e. The molecule has 0 saturated heterocycles. The molecule has 28 heavy (non-hydrogen) atoms. The number of amides is 2. The van der Waals surface area contributed by atoms with Gasteiger partial charge in [-0.15, -0.1) is 17.9 Å². The summed E-state index contributed by atoms with van der Waals surface area (Å²) in [6, 6.07) is 9.29. The molecule has 0 radical (unpaired) electrons. The third-order valence-electron chi connectivity index (χ3n) is 3.51. The van der Waals surface area contributed by atoms with Crippen LogP contribution in [-0.4, -0.2) is 30.9 Å². The Balaban J connectivity index is 2.29. The number of hydrogen-bond acceptors (Lipinski definition) is 5. The van der Waals surface area contributed by atoms with E-state index in [0.717, 1.165) is 11.1 Å². The maximum atomic E-state index is 12.7. The SMILES string of the molecule is C=CCNC(=O)COC(=O)c1c(-c2ccccc2)csc1NC(=O)C=C(C)C. The minimum atomic E-state index is -0.679. The van der Waals surface area contributed by atoms with Gasteiger partial charge in [0.15, 0.2) is 6.61 Å². The van der Waals surface area contributed by atoms with E-state index in [0.29, 0.717) is 10.6 Å². The number of hydrogen-bond donors (Lipinski definition) is 2. The number of benzene rings is 1. The van der Waals surface area contributed by atoms with Crippen LogP contribution in [0, 0.1) is 0 Å². The normalized spacial score (nSPS) is 9.93. The Morgan fingerprint density at radius 1 is 1.18 bits per heavy atom. The zero-order valence-corrected chi connectivity index (χ0v) is 16.6. The van der Waals surface area contributed by atoms with Gasteiger partial charge in [-0.2, -0.15) is 0 Å². The molecule has 0 aliphatic carbocycles. The molecule has 146 valence electrons. The van der Waals surface area contributed by atoms with Crippen molar-refractivity contribution in [2.45, 2.75) is 13.8 Å². The van der Waals surface area contributed by atoms with Crippen molar-refractivity contribution in [1.82, 2.24) is 5.32 Å². The molecule has 2 N–H and O–H groups in total. The fourth-order valence-electron chi connectivity index (χ4n) is 2.33. The molecule has 2 rings (SSSR count). The first-order valence-electron chi connectivity index (χ1n) is 8.60. The number of thiophene rings is 1. The third kappa shape index (κ3) is 5.92. The van der Waals surface area contributed by atoms with Crippen molar-refractivity contribution >= 4 is 34.1 Å². The van der Waals surface area contributed by atoms with Crippen LogP contribution in [0.15, 0.2) is 60.0 Å². The van der Waals surface area contributed by atoms with E-state index in [-0.39, 0.29) is 18.0 Å². The molecule has 0 aliphatic heterocycles. The zero-order valence-electron chi connectivity index (χ0n) is 15.8. The largest absolute Gasteiger partial charge is 0.452 e. The third-order valence-corrected chi connectivity index (χ3v) is 4.41. The molecule has 0 atom stereocenters. The molecule has 7 heteroatoms. The van der Waals surface area contributed by atoms with E-state index in [1.807, 2.05) is 30.3 Å². The number of nitrogens with one attached hydrogen (secondary N) is 2. The second-order valence-electron chi connectivity index (χ2n) is 6.10. The summed E-state index contributed by atoms with van der Waals surface area (Å²) in [5, 5.41) is 7.41. The van der Waals surface area contributed by atoms with E-state index in [1.54, 1.807) is 19.2 Å². The van der Waals surface area contributed by atoms with Crippen LogP contribution in [0.1, 0.15) is 24.2 Å². The number of carbonyl (C=O) groups is 3. The highest BCUT2D eigenvalue weighted by molar-refractivity contribution is 7.15. The number of allylic oxidation sites excluding steroid dienone is 1. The molecule has 0 bridgehead atoms. The van der Waals surface area contributed by atoms with Crippen molar-refractivity contribution in [2.75, 3.05) is 18.5 Å². The Labute approximate surface area is 167 Å². The van der Waals surface area contributed by atoms with E-state index in [2.05, 4.69) is 17.2 Å². The monoisotopic (exact) mass is 398 g/mol. The first-order valence-corrected chi connectivity index (χ1v) is 9.47. The quantitative estimate of drug-likeness (QED) is 0.403. The highest BCUT2D eigenvalue weighted by Crippen LogP contribution is 2.36. The highest BCUT2D eigenvalue weighted by atomic mass is 32.1. The molecular formula is C21H22N2O4S. The molecule has 1 aromatic carbocycles. The smallest absolute Gasteiger partial charge is 0.342 e. The van der Waals surface area contributed by atoms with Gasteiger partial charge in [0.25, 0.3) is 5.91 Å². The topological polar surface area (TPSA) is 84.5 Å². The fraction of sp³-hybridized carbons (Fsp3) is 0.190. The molecule has 1 heterocycles. The summed E-state index contributed by atoms with van der Waals surface area (Å²) in [6.07, 6.45) is 2.97. The van der Waals surface area contributed by atoms with E-state index >= 15 is 0 Å². The molecular weight excluding hydrogens is 376 g/mol. The lowest BCUT2D eigenvalue weighted by atomic mass is 10.0. The predicted molar refractivity (Wildman–Crippen MR) is 111 cm³/mol. The first-order chi connectivity index (χ1) is 13.4. The summed E-state index contributed by atoms with van der Waals surface area (Å²) in [5.41, 5.74) is 2.50. The van der Waals surface area contributed by atoms with Gasteiger partial charge in [0.05, 0.1) is 0 Å². The minimum absolute atomic E-state index is 0.225. The van der Waals surface area contributed by atoms with Gasteiger partial charge >= 0.3 is 5.97 Å². The highest BCUT2D eigenvalue weighted by Gasteiger charge is 2.23. The van der Waals surface area contributed by atoms with Crippen LogP contribution in [0.25, 0.3) is 11.1 Å². The van der Waals surface area contributed by atoms with Crippen molar-refractivity contribution in [3.8, 4) is 11.1 Å². The maximum absolute atomic E-state index is 12.7. The molecule has 2 amide bonds. The molecule has 6 nitrogen and oxygen atoms in total. The van der Waals surface area contributed by atoms with Gasteiger partial charge in [-0.3, -0.25) is 9.59 Å². The van der Waals surface area contributed by atoms with Gasteiger partial charge in [-0.25, -0.2) is 4.79 Å². The lowest BCUT2D eigenvalue weighted by Gasteiger charge is -2.09. The van der Waals surface area contributed by atoms with E-state index in [1.165, 1.54) is 23.5 Å². The molecule has 0 saturated carbocycles. The lowest BCUT2D eigenvalue weighted by molar-refractivity contribution is -0.124.